The molecule has 19 heavy (non-hydrogen) atoms. The molecule has 0 unspecified atom stereocenters. The van der Waals surface area contributed by atoms with Crippen LogP contribution >= 0.6 is 0 Å². The summed E-state index contributed by atoms with van der Waals surface area (Å²) in [6.45, 7) is 1.84. The Labute approximate surface area is 111 Å². The number of hydrogen-bond acceptors (Lipinski definition) is 2. The molecule has 0 fully saturated rings. The summed E-state index contributed by atoms with van der Waals surface area (Å²) in [5.41, 5.74) is 2.49. The van der Waals surface area contributed by atoms with Gasteiger partial charge in [0, 0.05) is 18.3 Å². The van der Waals surface area contributed by atoms with Crippen molar-refractivity contribution in [1.29, 1.82) is 0 Å². The Kier molecular flexibility index (Phi) is 3.80. The van der Waals surface area contributed by atoms with Gasteiger partial charge in [-0.1, -0.05) is 6.07 Å². The Hall–Kier alpha value is -2.36. The largest absolute Gasteiger partial charge is 0.388 e. The molecule has 0 aromatic heterocycles. The van der Waals surface area contributed by atoms with Gasteiger partial charge in [-0.3, -0.25) is 4.79 Å². The summed E-state index contributed by atoms with van der Waals surface area (Å²) in [7, 11) is 1.80. The van der Waals surface area contributed by atoms with E-state index in [1.54, 1.807) is 43.4 Å². The van der Waals surface area contributed by atoms with E-state index in [4.69, 9.17) is 0 Å². The van der Waals surface area contributed by atoms with Crippen LogP contribution in [-0.4, -0.2) is 13.0 Å². The van der Waals surface area contributed by atoms with E-state index in [0.29, 0.717) is 5.56 Å². The summed E-state index contributed by atoms with van der Waals surface area (Å²) < 4.78 is 13.5. The first-order valence-electron chi connectivity index (χ1n) is 5.95. The molecule has 0 aliphatic carbocycles. The Bertz CT molecular complexity index is 594. The average Bonchev–Trinajstić information content (AvgIpc) is 2.43. The molecule has 2 N–H and O–H groups in total. The minimum absolute atomic E-state index is 0.197. The van der Waals surface area contributed by atoms with Gasteiger partial charge >= 0.3 is 0 Å². The number of nitrogens with one attached hydrogen (secondary N) is 2. The van der Waals surface area contributed by atoms with Crippen molar-refractivity contribution >= 4 is 17.3 Å². The Morgan fingerprint density at radius 2 is 1.79 bits per heavy atom. The molecule has 0 spiro atoms. The second kappa shape index (κ2) is 5.52. The molecule has 2 rings (SSSR count). The van der Waals surface area contributed by atoms with Crippen LogP contribution in [0.15, 0.2) is 42.5 Å². The SMILES string of the molecule is CNc1ccc(C(=O)Nc2cc(C)ccc2F)cc1. The Balaban J connectivity index is 2.18. The van der Waals surface area contributed by atoms with Crippen LogP contribution < -0.4 is 10.6 Å². The molecule has 0 bridgehead atoms. The fourth-order valence-electron chi connectivity index (χ4n) is 1.72. The normalized spacial score (nSPS) is 10.1. The number of rotatable bonds is 3. The Morgan fingerprint density at radius 3 is 2.42 bits per heavy atom. The van der Waals surface area contributed by atoms with Crippen LogP contribution in [0.4, 0.5) is 15.8 Å². The lowest BCUT2D eigenvalue weighted by Crippen LogP contribution is -2.13. The first kappa shape index (κ1) is 13.1. The van der Waals surface area contributed by atoms with E-state index in [2.05, 4.69) is 10.6 Å². The van der Waals surface area contributed by atoms with E-state index in [9.17, 15) is 9.18 Å². The van der Waals surface area contributed by atoms with E-state index < -0.39 is 5.82 Å². The van der Waals surface area contributed by atoms with Gasteiger partial charge in [0.2, 0.25) is 0 Å². The summed E-state index contributed by atoms with van der Waals surface area (Å²) in [6.07, 6.45) is 0. The molecule has 0 aliphatic rings. The maximum Gasteiger partial charge on any atom is 0.255 e. The molecule has 0 saturated heterocycles. The predicted molar refractivity (Wildman–Crippen MR) is 75.1 cm³/mol. The molecule has 0 heterocycles. The number of hydrogen-bond donors (Lipinski definition) is 2. The molecule has 4 heteroatoms. The number of amides is 1. The zero-order valence-corrected chi connectivity index (χ0v) is 10.8. The quantitative estimate of drug-likeness (QED) is 0.885. The maximum atomic E-state index is 13.5. The summed E-state index contributed by atoms with van der Waals surface area (Å²) in [6, 6.07) is 11.6. The van der Waals surface area contributed by atoms with Gasteiger partial charge < -0.3 is 10.6 Å². The van der Waals surface area contributed by atoms with Crippen LogP contribution in [0.1, 0.15) is 15.9 Å². The molecule has 2 aromatic rings. The number of carbonyl (C=O) groups excluding carboxylic acids is 1. The van der Waals surface area contributed by atoms with E-state index in [1.165, 1.54) is 6.07 Å². The van der Waals surface area contributed by atoms with Crippen molar-refractivity contribution in [3.63, 3.8) is 0 Å². The lowest BCUT2D eigenvalue weighted by Gasteiger charge is -2.08. The minimum Gasteiger partial charge on any atom is -0.388 e. The summed E-state index contributed by atoms with van der Waals surface area (Å²) in [5.74, 6) is -0.766. The lowest BCUT2D eigenvalue weighted by atomic mass is 10.1. The molecular weight excluding hydrogens is 243 g/mol. The standard InChI is InChI=1S/C15H15FN2O/c1-10-3-8-13(16)14(9-10)18-15(19)11-4-6-12(17-2)7-5-11/h3-9,17H,1-2H3,(H,18,19). The molecule has 0 saturated carbocycles. The topological polar surface area (TPSA) is 41.1 Å². The van der Waals surface area contributed by atoms with Gasteiger partial charge in [-0.05, 0) is 48.9 Å². The highest BCUT2D eigenvalue weighted by molar-refractivity contribution is 6.04. The highest BCUT2D eigenvalue weighted by Crippen LogP contribution is 2.17. The van der Waals surface area contributed by atoms with Gasteiger partial charge in [0.15, 0.2) is 0 Å². The smallest absolute Gasteiger partial charge is 0.255 e. The van der Waals surface area contributed by atoms with Crippen molar-refractivity contribution in [1.82, 2.24) is 0 Å². The molecule has 0 aliphatic heterocycles. The molecule has 3 nitrogen and oxygen atoms in total. The van der Waals surface area contributed by atoms with E-state index in [-0.39, 0.29) is 11.6 Å². The fraction of sp³-hybridized carbons (Fsp3) is 0.133. The highest BCUT2D eigenvalue weighted by Gasteiger charge is 2.09. The monoisotopic (exact) mass is 258 g/mol. The third kappa shape index (κ3) is 3.10. The lowest BCUT2D eigenvalue weighted by molar-refractivity contribution is 0.102. The zero-order chi connectivity index (χ0) is 13.8. The number of aryl methyl sites for hydroxylation is 1. The van der Waals surface area contributed by atoms with Crippen molar-refractivity contribution in [2.75, 3.05) is 17.7 Å². The van der Waals surface area contributed by atoms with Crippen molar-refractivity contribution in [3.8, 4) is 0 Å². The summed E-state index contributed by atoms with van der Waals surface area (Å²) >= 11 is 0. The van der Waals surface area contributed by atoms with Crippen LogP contribution in [0.3, 0.4) is 0 Å². The van der Waals surface area contributed by atoms with Crippen molar-refractivity contribution < 1.29 is 9.18 Å². The molecule has 98 valence electrons. The van der Waals surface area contributed by atoms with E-state index in [1.807, 2.05) is 6.92 Å². The molecular formula is C15H15FN2O. The molecule has 0 radical (unpaired) electrons. The highest BCUT2D eigenvalue weighted by atomic mass is 19.1. The molecule has 0 atom stereocenters. The summed E-state index contributed by atoms with van der Waals surface area (Å²) in [5, 5.41) is 5.54. The van der Waals surface area contributed by atoms with Crippen LogP contribution in [-0.2, 0) is 0 Å². The zero-order valence-electron chi connectivity index (χ0n) is 10.8. The van der Waals surface area contributed by atoms with Crippen molar-refractivity contribution in [2.45, 2.75) is 6.92 Å². The molecule has 1 amide bonds. The summed E-state index contributed by atoms with van der Waals surface area (Å²) in [4.78, 5) is 12.0. The van der Waals surface area contributed by atoms with E-state index in [0.717, 1.165) is 11.3 Å². The van der Waals surface area contributed by atoms with Crippen LogP contribution in [0, 0.1) is 12.7 Å². The van der Waals surface area contributed by atoms with Crippen LogP contribution in [0.5, 0.6) is 0 Å². The van der Waals surface area contributed by atoms with Crippen molar-refractivity contribution in [2.24, 2.45) is 0 Å². The second-order valence-electron chi connectivity index (χ2n) is 4.26. The van der Waals surface area contributed by atoms with Crippen molar-refractivity contribution in [3.05, 3.63) is 59.4 Å². The van der Waals surface area contributed by atoms with Crippen LogP contribution in [0.25, 0.3) is 0 Å². The second-order valence-corrected chi connectivity index (χ2v) is 4.26. The van der Waals surface area contributed by atoms with E-state index >= 15 is 0 Å². The number of halogens is 1. The number of carbonyl (C=O) groups is 1. The first-order chi connectivity index (χ1) is 9.10. The minimum atomic E-state index is -0.439. The van der Waals surface area contributed by atoms with Gasteiger partial charge in [0.1, 0.15) is 5.82 Å². The average molecular weight is 258 g/mol. The number of benzene rings is 2. The fourth-order valence-corrected chi connectivity index (χ4v) is 1.72. The Morgan fingerprint density at radius 1 is 1.11 bits per heavy atom. The van der Waals surface area contributed by atoms with Gasteiger partial charge in [0.25, 0.3) is 5.91 Å². The number of anilines is 2. The predicted octanol–water partition coefficient (Wildman–Crippen LogP) is 3.43. The van der Waals surface area contributed by atoms with Gasteiger partial charge in [-0.2, -0.15) is 0 Å². The molecule has 2 aromatic carbocycles. The third-order valence-corrected chi connectivity index (χ3v) is 2.81. The third-order valence-electron chi connectivity index (χ3n) is 2.81. The van der Waals surface area contributed by atoms with Gasteiger partial charge in [-0.25, -0.2) is 4.39 Å². The van der Waals surface area contributed by atoms with Gasteiger partial charge in [0.05, 0.1) is 5.69 Å². The van der Waals surface area contributed by atoms with Gasteiger partial charge in [-0.15, -0.1) is 0 Å². The maximum absolute atomic E-state index is 13.5. The first-order valence-corrected chi connectivity index (χ1v) is 5.95. The van der Waals surface area contributed by atoms with Crippen LogP contribution in [0.2, 0.25) is 0 Å².